The lowest BCUT2D eigenvalue weighted by Crippen LogP contribution is -2.38. The van der Waals surface area contributed by atoms with Crippen molar-refractivity contribution in [3.8, 4) is 0 Å². The molecule has 20 heavy (non-hydrogen) atoms. The summed E-state index contributed by atoms with van der Waals surface area (Å²) in [7, 11) is -2.78. The highest BCUT2D eigenvalue weighted by molar-refractivity contribution is 9.09. The molecule has 0 amide bonds. The van der Waals surface area contributed by atoms with E-state index in [1.54, 1.807) is 0 Å². The maximum atomic E-state index is 11.9. The second kappa shape index (κ2) is 5.84. The fourth-order valence-electron chi connectivity index (χ4n) is 4.96. The van der Waals surface area contributed by atoms with Gasteiger partial charge in [0.2, 0.25) is 0 Å². The third kappa shape index (κ3) is 2.88. The van der Waals surface area contributed by atoms with Crippen molar-refractivity contribution >= 4 is 41.7 Å². The molecule has 4 atom stereocenters. The van der Waals surface area contributed by atoms with Crippen LogP contribution < -0.4 is 0 Å². The molecule has 2 nitrogen and oxygen atoms in total. The van der Waals surface area contributed by atoms with Crippen molar-refractivity contribution in [3.05, 3.63) is 0 Å². The Bertz CT molecular complexity index is 458. The Kier molecular flexibility index (Phi) is 4.61. The molecule has 0 spiro atoms. The molecule has 2 saturated carbocycles. The van der Waals surface area contributed by atoms with E-state index in [0.29, 0.717) is 17.4 Å². The first-order valence-corrected chi connectivity index (χ1v) is 11.9. The number of halogens is 2. The Morgan fingerprint density at radius 2 is 1.80 bits per heavy atom. The molecular formula is C15H24Br2O2S. The first-order chi connectivity index (χ1) is 9.48. The van der Waals surface area contributed by atoms with E-state index in [4.69, 9.17) is 0 Å². The Morgan fingerprint density at radius 1 is 1.05 bits per heavy atom. The molecule has 4 unspecified atom stereocenters. The SMILES string of the molecule is O=S1(=O)CCC(C(CBr)(CBr)CC2CC3CCC2C3)C1. The summed E-state index contributed by atoms with van der Waals surface area (Å²) in [6.45, 7) is 0. The zero-order chi connectivity index (χ0) is 14.4. The largest absolute Gasteiger partial charge is 0.229 e. The van der Waals surface area contributed by atoms with E-state index in [1.807, 2.05) is 0 Å². The van der Waals surface area contributed by atoms with E-state index in [9.17, 15) is 8.42 Å². The lowest BCUT2D eigenvalue weighted by molar-refractivity contribution is 0.160. The molecule has 0 aromatic heterocycles. The zero-order valence-electron chi connectivity index (χ0n) is 11.9. The number of sulfone groups is 1. The molecule has 2 aliphatic carbocycles. The van der Waals surface area contributed by atoms with E-state index in [0.717, 1.165) is 34.8 Å². The maximum Gasteiger partial charge on any atom is 0.150 e. The Morgan fingerprint density at radius 3 is 2.25 bits per heavy atom. The molecule has 116 valence electrons. The third-order valence-electron chi connectivity index (χ3n) is 6.18. The topological polar surface area (TPSA) is 34.1 Å². The minimum atomic E-state index is -2.78. The lowest BCUT2D eigenvalue weighted by Gasteiger charge is -2.40. The smallest absolute Gasteiger partial charge is 0.150 e. The van der Waals surface area contributed by atoms with Crippen LogP contribution in [0.15, 0.2) is 0 Å². The average Bonchev–Trinajstić information content (AvgIpc) is 3.11. The van der Waals surface area contributed by atoms with Gasteiger partial charge in [0.05, 0.1) is 11.5 Å². The minimum Gasteiger partial charge on any atom is -0.229 e. The maximum absolute atomic E-state index is 11.9. The monoisotopic (exact) mass is 426 g/mol. The summed E-state index contributed by atoms with van der Waals surface area (Å²) >= 11 is 7.43. The van der Waals surface area contributed by atoms with E-state index in [-0.39, 0.29) is 5.41 Å². The van der Waals surface area contributed by atoms with Crippen molar-refractivity contribution in [2.75, 3.05) is 22.2 Å². The van der Waals surface area contributed by atoms with Crippen LogP contribution in [0.5, 0.6) is 0 Å². The van der Waals surface area contributed by atoms with Crippen molar-refractivity contribution in [1.82, 2.24) is 0 Å². The quantitative estimate of drug-likeness (QED) is 0.620. The van der Waals surface area contributed by atoms with Gasteiger partial charge in [-0.1, -0.05) is 38.3 Å². The van der Waals surface area contributed by atoms with Gasteiger partial charge in [0.15, 0.2) is 9.84 Å². The van der Waals surface area contributed by atoms with Crippen molar-refractivity contribution < 1.29 is 8.42 Å². The first kappa shape index (κ1) is 15.8. The fourth-order valence-corrected chi connectivity index (χ4v) is 9.20. The predicted octanol–water partition coefficient (Wildman–Crippen LogP) is 4.02. The summed E-state index contributed by atoms with van der Waals surface area (Å²) in [5.41, 5.74) is 0.138. The van der Waals surface area contributed by atoms with E-state index in [2.05, 4.69) is 31.9 Å². The average molecular weight is 428 g/mol. The summed E-state index contributed by atoms with van der Waals surface area (Å²) in [5.74, 6) is 3.88. The van der Waals surface area contributed by atoms with Gasteiger partial charge in [0.25, 0.3) is 0 Å². The van der Waals surface area contributed by atoms with E-state index in [1.165, 1.54) is 32.1 Å². The van der Waals surface area contributed by atoms with Gasteiger partial charge >= 0.3 is 0 Å². The van der Waals surface area contributed by atoms with Crippen LogP contribution in [0, 0.1) is 29.1 Å². The van der Waals surface area contributed by atoms with Gasteiger partial charge in [-0.25, -0.2) is 8.42 Å². The van der Waals surface area contributed by atoms with Gasteiger partial charge in [0.1, 0.15) is 0 Å². The van der Waals surface area contributed by atoms with Gasteiger partial charge in [-0.15, -0.1) is 0 Å². The van der Waals surface area contributed by atoms with Crippen LogP contribution >= 0.6 is 31.9 Å². The van der Waals surface area contributed by atoms with Gasteiger partial charge in [-0.05, 0) is 61.2 Å². The summed E-state index contributed by atoms with van der Waals surface area (Å²) in [4.78, 5) is 0. The fraction of sp³-hybridized carbons (Fsp3) is 1.00. The van der Waals surface area contributed by atoms with Gasteiger partial charge in [-0.2, -0.15) is 0 Å². The van der Waals surface area contributed by atoms with E-state index < -0.39 is 9.84 Å². The Labute approximate surface area is 139 Å². The van der Waals surface area contributed by atoms with Crippen molar-refractivity contribution in [1.29, 1.82) is 0 Å². The van der Waals surface area contributed by atoms with Crippen LogP contribution in [-0.4, -0.2) is 30.6 Å². The molecule has 5 heteroatoms. The number of alkyl halides is 2. The minimum absolute atomic E-state index is 0.138. The van der Waals surface area contributed by atoms with Gasteiger partial charge in [-0.3, -0.25) is 0 Å². The molecule has 0 radical (unpaired) electrons. The second-order valence-electron chi connectivity index (χ2n) is 7.37. The molecule has 1 heterocycles. The molecule has 1 aliphatic heterocycles. The Hall–Kier alpha value is 0.910. The molecule has 1 saturated heterocycles. The normalized spacial score (nSPS) is 39.5. The van der Waals surface area contributed by atoms with Gasteiger partial charge in [0, 0.05) is 10.7 Å². The predicted molar refractivity (Wildman–Crippen MR) is 90.3 cm³/mol. The van der Waals surface area contributed by atoms with Crippen LogP contribution in [-0.2, 0) is 9.84 Å². The van der Waals surface area contributed by atoms with Crippen LogP contribution in [0.4, 0.5) is 0 Å². The highest BCUT2D eigenvalue weighted by atomic mass is 79.9. The number of fused-ring (bicyclic) bond motifs is 2. The lowest BCUT2D eigenvalue weighted by atomic mass is 9.69. The first-order valence-electron chi connectivity index (χ1n) is 7.80. The highest BCUT2D eigenvalue weighted by Crippen LogP contribution is 2.54. The summed E-state index contributed by atoms with van der Waals surface area (Å²) in [6.07, 6.45) is 7.76. The molecule has 3 rings (SSSR count). The second-order valence-corrected chi connectivity index (χ2v) is 10.7. The molecule has 0 aromatic carbocycles. The van der Waals surface area contributed by atoms with E-state index >= 15 is 0 Å². The third-order valence-corrected chi connectivity index (χ3v) is 10.2. The van der Waals surface area contributed by atoms with Crippen molar-refractivity contribution in [2.45, 2.75) is 38.5 Å². The standard InChI is InChI=1S/C15H24Br2O2S/c16-9-15(10-17,14-3-4-20(18,19)8-14)7-13-6-11-1-2-12(13)5-11/h11-14H,1-10H2. The molecule has 3 aliphatic rings. The summed E-state index contributed by atoms with van der Waals surface area (Å²) in [5, 5.41) is 1.86. The van der Waals surface area contributed by atoms with Crippen molar-refractivity contribution in [3.63, 3.8) is 0 Å². The molecule has 0 N–H and O–H groups in total. The van der Waals surface area contributed by atoms with Crippen LogP contribution in [0.3, 0.4) is 0 Å². The summed E-state index contributed by atoms with van der Waals surface area (Å²) in [6, 6.07) is 0. The van der Waals surface area contributed by atoms with Crippen LogP contribution in [0.25, 0.3) is 0 Å². The summed E-state index contributed by atoms with van der Waals surface area (Å²) < 4.78 is 23.7. The molecule has 0 aromatic rings. The van der Waals surface area contributed by atoms with Crippen molar-refractivity contribution in [2.24, 2.45) is 29.1 Å². The Balaban J connectivity index is 1.74. The number of hydrogen-bond donors (Lipinski definition) is 0. The molecular weight excluding hydrogens is 404 g/mol. The number of hydrogen-bond acceptors (Lipinski definition) is 2. The molecule has 2 bridgehead atoms. The zero-order valence-corrected chi connectivity index (χ0v) is 15.8. The van der Waals surface area contributed by atoms with Crippen LogP contribution in [0.2, 0.25) is 0 Å². The molecule has 3 fully saturated rings. The van der Waals surface area contributed by atoms with Gasteiger partial charge < -0.3 is 0 Å². The number of rotatable bonds is 5. The highest BCUT2D eigenvalue weighted by Gasteiger charge is 2.48. The van der Waals surface area contributed by atoms with Crippen LogP contribution in [0.1, 0.15) is 38.5 Å².